The molecule has 0 bridgehead atoms. The van der Waals surface area contributed by atoms with Gasteiger partial charge in [0.05, 0.1) is 12.2 Å². The van der Waals surface area contributed by atoms with E-state index in [0.29, 0.717) is 11.2 Å². The van der Waals surface area contributed by atoms with Gasteiger partial charge in [-0.25, -0.2) is 4.79 Å². The molecule has 0 saturated carbocycles. The van der Waals surface area contributed by atoms with Crippen molar-refractivity contribution in [2.75, 3.05) is 0 Å². The van der Waals surface area contributed by atoms with E-state index >= 15 is 0 Å². The van der Waals surface area contributed by atoms with Crippen LogP contribution in [0.3, 0.4) is 0 Å². The third-order valence-electron chi connectivity index (χ3n) is 2.25. The van der Waals surface area contributed by atoms with Gasteiger partial charge >= 0.3 is 5.69 Å². The van der Waals surface area contributed by atoms with Gasteiger partial charge in [0, 0.05) is 18.0 Å². The number of nitrogens with zero attached hydrogens (tertiary/aromatic N) is 2. The zero-order chi connectivity index (χ0) is 11.5. The molecule has 5 heteroatoms. The molecule has 0 unspecified atom stereocenters. The van der Waals surface area contributed by atoms with Crippen LogP contribution in [0, 0.1) is 11.6 Å². The standard InChI is InChI=1S/C11H11N3OS/c1-8-6-14(11(15)13-10(8)16)7-9-4-2-3-5-12-9/h2-6H,7H2,1H3,(H,13,15,16). The monoisotopic (exact) mass is 233 g/mol. The smallest absolute Gasteiger partial charge is 0.298 e. The molecule has 2 aromatic rings. The minimum Gasteiger partial charge on any atom is -0.298 e. The number of aryl methyl sites for hydroxylation is 1. The highest BCUT2D eigenvalue weighted by molar-refractivity contribution is 7.71. The molecule has 0 aliphatic carbocycles. The molecule has 0 aliphatic heterocycles. The van der Waals surface area contributed by atoms with Crippen LogP contribution in [0.4, 0.5) is 0 Å². The molecule has 0 amide bonds. The van der Waals surface area contributed by atoms with Crippen LogP contribution >= 0.6 is 12.2 Å². The highest BCUT2D eigenvalue weighted by Crippen LogP contribution is 1.98. The number of aromatic nitrogens is 3. The molecule has 4 nitrogen and oxygen atoms in total. The van der Waals surface area contributed by atoms with E-state index in [1.807, 2.05) is 25.1 Å². The van der Waals surface area contributed by atoms with Crippen molar-refractivity contribution < 1.29 is 0 Å². The van der Waals surface area contributed by atoms with Gasteiger partial charge in [0.25, 0.3) is 0 Å². The first kappa shape index (κ1) is 10.8. The number of pyridine rings is 1. The van der Waals surface area contributed by atoms with Gasteiger partial charge in [-0.1, -0.05) is 18.3 Å². The molecule has 2 rings (SSSR count). The van der Waals surface area contributed by atoms with Crippen molar-refractivity contribution in [3.8, 4) is 0 Å². The van der Waals surface area contributed by atoms with E-state index in [0.717, 1.165) is 11.3 Å². The number of hydrogen-bond donors (Lipinski definition) is 1. The summed E-state index contributed by atoms with van der Waals surface area (Å²) in [6.07, 6.45) is 3.45. The molecule has 0 atom stereocenters. The van der Waals surface area contributed by atoms with Gasteiger partial charge in [-0.15, -0.1) is 0 Å². The first-order valence-electron chi connectivity index (χ1n) is 4.87. The fraction of sp³-hybridized carbons (Fsp3) is 0.182. The van der Waals surface area contributed by atoms with Gasteiger partial charge in [0.1, 0.15) is 4.64 Å². The zero-order valence-corrected chi connectivity index (χ0v) is 9.62. The number of rotatable bonds is 2. The largest absolute Gasteiger partial charge is 0.326 e. The molecule has 0 fully saturated rings. The lowest BCUT2D eigenvalue weighted by atomic mass is 10.3. The summed E-state index contributed by atoms with van der Waals surface area (Å²) in [5.41, 5.74) is 1.52. The van der Waals surface area contributed by atoms with Gasteiger partial charge in [-0.3, -0.25) is 14.5 Å². The maximum atomic E-state index is 11.6. The molecule has 0 spiro atoms. The summed E-state index contributed by atoms with van der Waals surface area (Å²) >= 11 is 4.98. The lowest BCUT2D eigenvalue weighted by Crippen LogP contribution is -2.23. The van der Waals surface area contributed by atoms with E-state index in [9.17, 15) is 4.79 Å². The van der Waals surface area contributed by atoms with E-state index in [4.69, 9.17) is 12.2 Å². The fourth-order valence-corrected chi connectivity index (χ4v) is 1.54. The highest BCUT2D eigenvalue weighted by Gasteiger charge is 2.00. The van der Waals surface area contributed by atoms with Crippen molar-refractivity contribution in [1.82, 2.24) is 14.5 Å². The summed E-state index contributed by atoms with van der Waals surface area (Å²) < 4.78 is 2.05. The first-order chi connectivity index (χ1) is 7.66. The summed E-state index contributed by atoms with van der Waals surface area (Å²) in [7, 11) is 0. The molecule has 82 valence electrons. The predicted octanol–water partition coefficient (Wildman–Crippen LogP) is 1.66. The number of aromatic amines is 1. The molecule has 0 aliphatic rings. The van der Waals surface area contributed by atoms with Crippen LogP contribution in [0.2, 0.25) is 0 Å². The summed E-state index contributed by atoms with van der Waals surface area (Å²) in [4.78, 5) is 18.4. The lowest BCUT2D eigenvalue weighted by molar-refractivity contribution is 0.703. The first-order valence-corrected chi connectivity index (χ1v) is 5.28. The quantitative estimate of drug-likeness (QED) is 0.802. The Balaban J connectivity index is 2.40. The highest BCUT2D eigenvalue weighted by atomic mass is 32.1. The van der Waals surface area contributed by atoms with Crippen LogP contribution in [0.15, 0.2) is 35.4 Å². The Hall–Kier alpha value is -1.75. The molecule has 2 aromatic heterocycles. The van der Waals surface area contributed by atoms with Crippen molar-refractivity contribution in [3.05, 3.63) is 57.0 Å². The van der Waals surface area contributed by atoms with Crippen molar-refractivity contribution >= 4 is 12.2 Å². The number of H-pyrrole nitrogens is 1. The van der Waals surface area contributed by atoms with E-state index < -0.39 is 0 Å². The maximum absolute atomic E-state index is 11.6. The number of hydrogen-bond acceptors (Lipinski definition) is 3. The Labute approximate surface area is 97.6 Å². The predicted molar refractivity (Wildman–Crippen MR) is 64.0 cm³/mol. The Kier molecular flexibility index (Phi) is 2.96. The van der Waals surface area contributed by atoms with Crippen molar-refractivity contribution in [1.29, 1.82) is 0 Å². The molecule has 0 radical (unpaired) electrons. The Morgan fingerprint density at radius 2 is 2.31 bits per heavy atom. The van der Waals surface area contributed by atoms with Crippen LogP contribution in [-0.2, 0) is 6.54 Å². The van der Waals surface area contributed by atoms with Crippen molar-refractivity contribution in [3.63, 3.8) is 0 Å². The summed E-state index contributed by atoms with van der Waals surface area (Å²) in [5, 5.41) is 0. The van der Waals surface area contributed by atoms with E-state index in [1.165, 1.54) is 0 Å². The van der Waals surface area contributed by atoms with Gasteiger partial charge in [0.2, 0.25) is 0 Å². The average Bonchev–Trinajstić information content (AvgIpc) is 2.27. The van der Waals surface area contributed by atoms with Gasteiger partial charge in [0.15, 0.2) is 0 Å². The molecule has 16 heavy (non-hydrogen) atoms. The molecule has 2 heterocycles. The minimum atomic E-state index is -0.207. The zero-order valence-electron chi connectivity index (χ0n) is 8.80. The molecule has 0 saturated heterocycles. The topological polar surface area (TPSA) is 50.7 Å². The average molecular weight is 233 g/mol. The van der Waals surface area contributed by atoms with Gasteiger partial charge < -0.3 is 0 Å². The second-order valence-corrected chi connectivity index (χ2v) is 3.93. The van der Waals surface area contributed by atoms with Crippen LogP contribution in [0.1, 0.15) is 11.3 Å². The van der Waals surface area contributed by atoms with Crippen molar-refractivity contribution in [2.24, 2.45) is 0 Å². The molecule has 0 aromatic carbocycles. The number of nitrogens with one attached hydrogen (secondary N) is 1. The molecular weight excluding hydrogens is 222 g/mol. The van der Waals surface area contributed by atoms with Crippen LogP contribution in [0.25, 0.3) is 0 Å². The van der Waals surface area contributed by atoms with E-state index in [2.05, 4.69) is 9.97 Å². The SMILES string of the molecule is Cc1cn(Cc2ccccn2)c(=O)[nH]c1=S. The van der Waals surface area contributed by atoms with Gasteiger partial charge in [-0.05, 0) is 19.1 Å². The summed E-state index contributed by atoms with van der Waals surface area (Å²) in [6.45, 7) is 2.32. The summed E-state index contributed by atoms with van der Waals surface area (Å²) in [5.74, 6) is 0. The third-order valence-corrected chi connectivity index (χ3v) is 2.67. The fourth-order valence-electron chi connectivity index (χ4n) is 1.40. The maximum Gasteiger partial charge on any atom is 0.326 e. The van der Waals surface area contributed by atoms with E-state index in [-0.39, 0.29) is 5.69 Å². The Morgan fingerprint density at radius 3 is 3.00 bits per heavy atom. The van der Waals surface area contributed by atoms with Crippen molar-refractivity contribution in [2.45, 2.75) is 13.5 Å². The Bertz CT molecular complexity index is 601. The molecular formula is C11H11N3OS. The van der Waals surface area contributed by atoms with Crippen LogP contribution in [-0.4, -0.2) is 14.5 Å². The van der Waals surface area contributed by atoms with E-state index in [1.54, 1.807) is 17.0 Å². The normalized spacial score (nSPS) is 10.3. The second-order valence-electron chi connectivity index (χ2n) is 3.52. The molecule has 1 N–H and O–H groups in total. The van der Waals surface area contributed by atoms with Crippen LogP contribution < -0.4 is 5.69 Å². The third kappa shape index (κ3) is 2.25. The lowest BCUT2D eigenvalue weighted by Gasteiger charge is -2.05. The van der Waals surface area contributed by atoms with Gasteiger partial charge in [-0.2, -0.15) is 0 Å². The minimum absolute atomic E-state index is 0.207. The second kappa shape index (κ2) is 4.40. The summed E-state index contributed by atoms with van der Waals surface area (Å²) in [6, 6.07) is 5.62. The Morgan fingerprint density at radius 1 is 1.50 bits per heavy atom. The van der Waals surface area contributed by atoms with Crippen LogP contribution in [0.5, 0.6) is 0 Å².